The summed E-state index contributed by atoms with van der Waals surface area (Å²) < 4.78 is 22.2. The number of aryl methyl sites for hydroxylation is 1. The molecule has 88 valence electrons. The molecular weight excluding hydrogens is 222 g/mol. The quantitative estimate of drug-likeness (QED) is 0.875. The summed E-state index contributed by atoms with van der Waals surface area (Å²) in [7, 11) is -2.84. The van der Waals surface area contributed by atoms with Gasteiger partial charge in [0.25, 0.3) is 0 Å². The monoisotopic (exact) mass is 239 g/mol. The largest absolute Gasteiger partial charge is 0.382 e. The maximum Gasteiger partial charge on any atom is 0.147 e. The third-order valence-corrected chi connectivity index (χ3v) is 3.95. The number of nitrogens with one attached hydrogen (secondary N) is 1. The lowest BCUT2D eigenvalue weighted by atomic mass is 9.97. The second-order valence-electron chi connectivity index (χ2n) is 4.46. The van der Waals surface area contributed by atoms with Gasteiger partial charge in [-0.05, 0) is 30.9 Å². The molecule has 2 rings (SSSR count). The molecule has 1 aromatic carbocycles. The molecule has 0 amide bonds. The predicted molar refractivity (Wildman–Crippen MR) is 66.5 cm³/mol. The molecular formula is C12H17NO2S. The van der Waals surface area contributed by atoms with E-state index >= 15 is 0 Å². The van der Waals surface area contributed by atoms with E-state index in [2.05, 4.69) is 17.4 Å². The maximum absolute atomic E-state index is 11.1. The maximum atomic E-state index is 11.1. The molecule has 0 saturated heterocycles. The number of benzene rings is 1. The molecule has 0 aromatic heterocycles. The Balaban J connectivity index is 1.98. The molecule has 0 spiro atoms. The highest BCUT2D eigenvalue weighted by Crippen LogP contribution is 2.25. The average molecular weight is 239 g/mol. The molecule has 0 fully saturated rings. The summed E-state index contributed by atoms with van der Waals surface area (Å²) in [5.74, 6) is 0.271. The van der Waals surface area contributed by atoms with Crippen molar-refractivity contribution in [2.75, 3.05) is 17.3 Å². The minimum absolute atomic E-state index is 0.271. The summed E-state index contributed by atoms with van der Waals surface area (Å²) >= 11 is 0. The average Bonchev–Trinajstić information content (AvgIpc) is 2.25. The fourth-order valence-corrected chi connectivity index (χ4v) is 2.79. The van der Waals surface area contributed by atoms with Gasteiger partial charge in [0, 0.05) is 18.0 Å². The summed E-state index contributed by atoms with van der Waals surface area (Å²) in [4.78, 5) is 0. The van der Waals surface area contributed by atoms with Crippen LogP contribution in [0.15, 0.2) is 24.3 Å². The molecule has 16 heavy (non-hydrogen) atoms. The van der Waals surface area contributed by atoms with Crippen molar-refractivity contribution in [3.63, 3.8) is 0 Å². The van der Waals surface area contributed by atoms with Crippen molar-refractivity contribution in [1.29, 1.82) is 0 Å². The van der Waals surface area contributed by atoms with Gasteiger partial charge in [0.05, 0.1) is 5.75 Å². The van der Waals surface area contributed by atoms with Crippen molar-refractivity contribution in [2.45, 2.75) is 25.3 Å². The number of para-hydroxylation sites is 1. The van der Waals surface area contributed by atoms with Gasteiger partial charge in [0.1, 0.15) is 9.84 Å². The standard InChI is InChI=1S/C12H17NO2S/c1-16(14,15)9-8-11-7-6-10-4-2-3-5-12(10)13-11/h2-5,11,13H,6-9H2,1H3. The molecule has 0 saturated carbocycles. The van der Waals surface area contributed by atoms with Crippen molar-refractivity contribution in [2.24, 2.45) is 0 Å². The minimum Gasteiger partial charge on any atom is -0.382 e. The second kappa shape index (κ2) is 4.45. The Morgan fingerprint density at radius 1 is 1.38 bits per heavy atom. The molecule has 1 unspecified atom stereocenters. The molecule has 1 aliphatic rings. The molecule has 1 heterocycles. The first-order valence-corrected chi connectivity index (χ1v) is 7.63. The van der Waals surface area contributed by atoms with Crippen LogP contribution in [-0.2, 0) is 16.3 Å². The zero-order chi connectivity index (χ0) is 11.6. The van der Waals surface area contributed by atoms with Crippen LogP contribution in [0.25, 0.3) is 0 Å². The highest BCUT2D eigenvalue weighted by Gasteiger charge is 2.18. The van der Waals surface area contributed by atoms with Crippen molar-refractivity contribution in [1.82, 2.24) is 0 Å². The zero-order valence-electron chi connectivity index (χ0n) is 9.44. The lowest BCUT2D eigenvalue weighted by Crippen LogP contribution is -2.27. The summed E-state index contributed by atoms with van der Waals surface area (Å²) in [5, 5.41) is 3.41. The molecule has 1 aliphatic heterocycles. The van der Waals surface area contributed by atoms with E-state index in [-0.39, 0.29) is 5.75 Å². The lowest BCUT2D eigenvalue weighted by Gasteiger charge is -2.26. The molecule has 1 atom stereocenters. The first kappa shape index (κ1) is 11.5. The van der Waals surface area contributed by atoms with Gasteiger partial charge in [-0.3, -0.25) is 0 Å². The van der Waals surface area contributed by atoms with Crippen LogP contribution in [0, 0.1) is 0 Å². The Labute approximate surface area is 96.8 Å². The Bertz CT molecular complexity index is 468. The molecule has 0 aliphatic carbocycles. The highest BCUT2D eigenvalue weighted by atomic mass is 32.2. The van der Waals surface area contributed by atoms with E-state index in [1.54, 1.807) is 0 Å². The first-order chi connectivity index (χ1) is 7.54. The number of hydrogen-bond donors (Lipinski definition) is 1. The molecule has 4 heteroatoms. The molecule has 0 bridgehead atoms. The van der Waals surface area contributed by atoms with E-state index in [1.165, 1.54) is 11.8 Å². The summed E-state index contributed by atoms with van der Waals surface area (Å²) in [6.45, 7) is 0. The smallest absolute Gasteiger partial charge is 0.147 e. The number of anilines is 1. The normalized spacial score (nSPS) is 19.9. The van der Waals surface area contributed by atoms with E-state index in [0.29, 0.717) is 12.5 Å². The lowest BCUT2D eigenvalue weighted by molar-refractivity contribution is 0.579. The number of rotatable bonds is 3. The van der Waals surface area contributed by atoms with E-state index in [4.69, 9.17) is 0 Å². The van der Waals surface area contributed by atoms with Gasteiger partial charge in [0.2, 0.25) is 0 Å². The van der Waals surface area contributed by atoms with Crippen LogP contribution in [0.2, 0.25) is 0 Å². The van der Waals surface area contributed by atoms with Crippen LogP contribution in [0.5, 0.6) is 0 Å². The minimum atomic E-state index is -2.84. The van der Waals surface area contributed by atoms with Crippen molar-refractivity contribution >= 4 is 15.5 Å². The van der Waals surface area contributed by atoms with Gasteiger partial charge in [-0.15, -0.1) is 0 Å². The molecule has 3 nitrogen and oxygen atoms in total. The number of hydrogen-bond acceptors (Lipinski definition) is 3. The zero-order valence-corrected chi connectivity index (χ0v) is 10.3. The van der Waals surface area contributed by atoms with Crippen molar-refractivity contribution in [3.05, 3.63) is 29.8 Å². The molecule has 1 aromatic rings. The summed E-state index contributed by atoms with van der Waals surface area (Å²) in [5.41, 5.74) is 2.49. The van der Waals surface area contributed by atoms with Gasteiger partial charge in [-0.1, -0.05) is 18.2 Å². The fourth-order valence-electron chi connectivity index (χ4n) is 2.07. The van der Waals surface area contributed by atoms with Crippen LogP contribution in [0.3, 0.4) is 0 Å². The Morgan fingerprint density at radius 2 is 2.12 bits per heavy atom. The molecule has 0 radical (unpaired) electrons. The van der Waals surface area contributed by atoms with Crippen LogP contribution in [0.1, 0.15) is 18.4 Å². The predicted octanol–water partition coefficient (Wildman–Crippen LogP) is 1.85. The van der Waals surface area contributed by atoms with Crippen molar-refractivity contribution in [3.8, 4) is 0 Å². The van der Waals surface area contributed by atoms with Crippen LogP contribution in [0.4, 0.5) is 5.69 Å². The van der Waals surface area contributed by atoms with Crippen LogP contribution < -0.4 is 5.32 Å². The Hall–Kier alpha value is -1.03. The van der Waals surface area contributed by atoms with Gasteiger partial charge >= 0.3 is 0 Å². The van der Waals surface area contributed by atoms with Crippen LogP contribution in [-0.4, -0.2) is 26.5 Å². The van der Waals surface area contributed by atoms with Gasteiger partial charge in [0.15, 0.2) is 0 Å². The SMILES string of the molecule is CS(=O)(=O)CCC1CCc2ccccc2N1. The van der Waals surface area contributed by atoms with Gasteiger partial charge in [-0.25, -0.2) is 8.42 Å². The van der Waals surface area contributed by atoms with E-state index < -0.39 is 9.84 Å². The third kappa shape index (κ3) is 2.98. The third-order valence-electron chi connectivity index (χ3n) is 2.98. The topological polar surface area (TPSA) is 46.2 Å². The highest BCUT2D eigenvalue weighted by molar-refractivity contribution is 7.90. The van der Waals surface area contributed by atoms with Crippen molar-refractivity contribution < 1.29 is 8.42 Å². The number of fused-ring (bicyclic) bond motifs is 1. The second-order valence-corrected chi connectivity index (χ2v) is 6.72. The van der Waals surface area contributed by atoms with Gasteiger partial charge in [-0.2, -0.15) is 0 Å². The molecule has 1 N–H and O–H groups in total. The first-order valence-electron chi connectivity index (χ1n) is 5.57. The van der Waals surface area contributed by atoms with E-state index in [0.717, 1.165) is 18.5 Å². The fraction of sp³-hybridized carbons (Fsp3) is 0.500. The summed E-state index contributed by atoms with van der Waals surface area (Å²) in [6, 6.07) is 8.52. The Kier molecular flexibility index (Phi) is 3.19. The van der Waals surface area contributed by atoms with E-state index in [1.807, 2.05) is 12.1 Å². The summed E-state index contributed by atoms with van der Waals surface area (Å²) in [6.07, 6.45) is 4.06. The van der Waals surface area contributed by atoms with Gasteiger partial charge < -0.3 is 5.32 Å². The number of sulfone groups is 1. The van der Waals surface area contributed by atoms with Crippen LogP contribution >= 0.6 is 0 Å². The Morgan fingerprint density at radius 3 is 2.88 bits per heavy atom. The van der Waals surface area contributed by atoms with E-state index in [9.17, 15) is 8.42 Å².